The number of likely N-dealkylation sites (N-methyl/N-ethyl adjacent to an activating group) is 1. The Kier molecular flexibility index (Phi) is 8.37. The second-order valence-electron chi connectivity index (χ2n) is 10.7. The first kappa shape index (κ1) is 29.1. The summed E-state index contributed by atoms with van der Waals surface area (Å²) in [5.74, 6) is -0.806. The zero-order valence-electron chi connectivity index (χ0n) is 23.2. The summed E-state index contributed by atoms with van der Waals surface area (Å²) in [7, 11) is -4.17. The molecule has 220 valence electrons. The number of ether oxygens (including phenoxy) is 2. The van der Waals surface area contributed by atoms with Crippen LogP contribution in [0.25, 0.3) is 5.57 Å². The summed E-state index contributed by atoms with van der Waals surface area (Å²) in [4.78, 5) is 29.0. The molecule has 3 N–H and O–H groups in total. The molecule has 5 rings (SSSR count). The molecule has 12 heteroatoms. The molecule has 2 aromatic carbocycles. The molecule has 0 saturated carbocycles. The molecule has 11 nitrogen and oxygen atoms in total. The van der Waals surface area contributed by atoms with Crippen LogP contribution >= 0.6 is 0 Å². The third-order valence-electron chi connectivity index (χ3n) is 8.03. The first-order chi connectivity index (χ1) is 19.7. The molecule has 0 aromatic heterocycles. The highest BCUT2D eigenvalue weighted by atomic mass is 32.2. The van der Waals surface area contributed by atoms with Gasteiger partial charge in [-0.15, -0.1) is 0 Å². The van der Waals surface area contributed by atoms with Crippen LogP contribution < -0.4 is 19.8 Å². The van der Waals surface area contributed by atoms with Crippen LogP contribution in [-0.4, -0.2) is 81.4 Å². The van der Waals surface area contributed by atoms with Crippen molar-refractivity contribution >= 4 is 33.1 Å². The van der Waals surface area contributed by atoms with E-state index in [0.29, 0.717) is 38.4 Å². The third-order valence-corrected chi connectivity index (χ3v) is 9.58. The van der Waals surface area contributed by atoms with Crippen molar-refractivity contribution < 1.29 is 32.7 Å². The van der Waals surface area contributed by atoms with Crippen molar-refractivity contribution in [3.05, 3.63) is 60.2 Å². The average molecular weight is 585 g/mol. The molecule has 2 saturated heterocycles. The molecule has 3 aliphatic heterocycles. The fourth-order valence-electron chi connectivity index (χ4n) is 5.79. The van der Waals surface area contributed by atoms with E-state index in [1.54, 1.807) is 17.6 Å². The minimum absolute atomic E-state index is 0.0707. The molecule has 2 amide bonds. The highest BCUT2D eigenvalue weighted by Crippen LogP contribution is 2.34. The SMILES string of the molecule is CCN1c2ccccc2C(COc2ccc(S(=O)(=O)NC3(C(=O)NO)CN(C(=O)C4CCOCC4)C3)cc2)=CC1C. The number of hydrogen-bond acceptors (Lipinski definition) is 8. The highest BCUT2D eigenvalue weighted by molar-refractivity contribution is 7.89. The third kappa shape index (κ3) is 5.82. The summed E-state index contributed by atoms with van der Waals surface area (Å²) in [5, 5.41) is 9.31. The van der Waals surface area contributed by atoms with Crippen molar-refractivity contribution in [3.8, 4) is 5.75 Å². The van der Waals surface area contributed by atoms with Gasteiger partial charge in [-0.1, -0.05) is 24.3 Å². The lowest BCUT2D eigenvalue weighted by atomic mass is 9.87. The Morgan fingerprint density at radius 1 is 1.10 bits per heavy atom. The first-order valence-electron chi connectivity index (χ1n) is 13.8. The van der Waals surface area contributed by atoms with Gasteiger partial charge < -0.3 is 19.3 Å². The molecule has 0 bridgehead atoms. The van der Waals surface area contributed by atoms with Gasteiger partial charge in [0.2, 0.25) is 15.9 Å². The van der Waals surface area contributed by atoms with Gasteiger partial charge in [-0.2, -0.15) is 4.72 Å². The van der Waals surface area contributed by atoms with Gasteiger partial charge in [0.15, 0.2) is 0 Å². The van der Waals surface area contributed by atoms with Crippen LogP contribution in [0.5, 0.6) is 5.75 Å². The molecule has 3 aliphatic rings. The Balaban J connectivity index is 1.24. The van der Waals surface area contributed by atoms with E-state index in [9.17, 15) is 23.2 Å². The van der Waals surface area contributed by atoms with E-state index in [4.69, 9.17) is 9.47 Å². The molecule has 41 heavy (non-hydrogen) atoms. The number of rotatable bonds is 9. The smallest absolute Gasteiger partial charge is 0.268 e. The van der Waals surface area contributed by atoms with Crippen molar-refractivity contribution in [1.29, 1.82) is 0 Å². The summed E-state index contributed by atoms with van der Waals surface area (Å²) in [6, 6.07) is 14.3. The van der Waals surface area contributed by atoms with Gasteiger partial charge >= 0.3 is 0 Å². The lowest BCUT2D eigenvalue weighted by Gasteiger charge is -2.49. The number of anilines is 1. The van der Waals surface area contributed by atoms with Crippen molar-refractivity contribution in [2.45, 2.75) is 43.2 Å². The van der Waals surface area contributed by atoms with Gasteiger partial charge in [0.05, 0.1) is 18.0 Å². The summed E-state index contributed by atoms with van der Waals surface area (Å²) in [5.41, 5.74) is 3.18. The van der Waals surface area contributed by atoms with E-state index in [0.717, 1.165) is 23.4 Å². The zero-order chi connectivity index (χ0) is 29.2. The van der Waals surface area contributed by atoms with Crippen molar-refractivity contribution in [3.63, 3.8) is 0 Å². The van der Waals surface area contributed by atoms with E-state index < -0.39 is 21.5 Å². The van der Waals surface area contributed by atoms with Gasteiger partial charge in [0, 0.05) is 43.0 Å². The number of para-hydroxylation sites is 1. The average Bonchev–Trinajstić information content (AvgIpc) is 2.97. The summed E-state index contributed by atoms with van der Waals surface area (Å²) < 4.78 is 40.2. The first-order valence-corrected chi connectivity index (χ1v) is 15.3. The molecule has 0 aliphatic carbocycles. The maximum Gasteiger partial charge on any atom is 0.268 e. The lowest BCUT2D eigenvalue weighted by molar-refractivity contribution is -0.155. The Labute approximate surface area is 240 Å². The van der Waals surface area contributed by atoms with Gasteiger partial charge in [0.25, 0.3) is 5.91 Å². The monoisotopic (exact) mass is 584 g/mol. The largest absolute Gasteiger partial charge is 0.489 e. The van der Waals surface area contributed by atoms with E-state index in [1.165, 1.54) is 17.0 Å². The highest BCUT2D eigenvalue weighted by Gasteiger charge is 2.54. The van der Waals surface area contributed by atoms with Gasteiger partial charge in [-0.25, -0.2) is 13.9 Å². The van der Waals surface area contributed by atoms with Crippen LogP contribution in [0, 0.1) is 5.92 Å². The van der Waals surface area contributed by atoms with E-state index in [-0.39, 0.29) is 35.9 Å². The quantitative estimate of drug-likeness (QED) is 0.301. The van der Waals surface area contributed by atoms with E-state index in [1.807, 2.05) is 12.1 Å². The van der Waals surface area contributed by atoms with Gasteiger partial charge in [0.1, 0.15) is 17.9 Å². The van der Waals surface area contributed by atoms with E-state index in [2.05, 4.69) is 41.7 Å². The molecule has 3 heterocycles. The summed E-state index contributed by atoms with van der Waals surface area (Å²) in [6.07, 6.45) is 3.33. The van der Waals surface area contributed by atoms with Crippen LogP contribution in [-0.2, 0) is 24.3 Å². The Hall–Kier alpha value is -3.45. The van der Waals surface area contributed by atoms with Crippen LogP contribution in [0.15, 0.2) is 59.5 Å². The molecule has 0 spiro atoms. The topological polar surface area (TPSA) is 138 Å². The molecule has 1 unspecified atom stereocenters. The number of nitrogens with zero attached hydrogens (tertiary/aromatic N) is 2. The number of nitrogens with one attached hydrogen (secondary N) is 2. The van der Waals surface area contributed by atoms with Crippen LogP contribution in [0.2, 0.25) is 0 Å². The van der Waals surface area contributed by atoms with Gasteiger partial charge in [-0.3, -0.25) is 14.8 Å². The summed E-state index contributed by atoms with van der Waals surface area (Å²) >= 11 is 0. The number of carbonyl (C=O) groups excluding carboxylic acids is 2. The normalized spacial score (nSPS) is 20.5. The molecule has 2 fully saturated rings. The molecular weight excluding hydrogens is 548 g/mol. The second-order valence-corrected chi connectivity index (χ2v) is 12.4. The minimum Gasteiger partial charge on any atom is -0.489 e. The maximum absolute atomic E-state index is 13.2. The number of sulfonamides is 1. The zero-order valence-corrected chi connectivity index (χ0v) is 24.0. The summed E-state index contributed by atoms with van der Waals surface area (Å²) in [6.45, 7) is 6.08. The number of carbonyl (C=O) groups is 2. The minimum atomic E-state index is -4.17. The fourth-order valence-corrected chi connectivity index (χ4v) is 7.14. The van der Waals surface area contributed by atoms with Crippen LogP contribution in [0.4, 0.5) is 5.69 Å². The standard InChI is InChI=1S/C29H36N4O7S/c1-3-33-20(2)16-22(25-6-4-5-7-26(25)33)17-40-23-8-10-24(11-9-23)41(37,38)31-29(28(35)30-36)18-32(19-29)27(34)21-12-14-39-15-13-21/h4-11,16,20-21,31,36H,3,12-15,17-19H2,1-2H3,(H,30,35). The maximum atomic E-state index is 13.2. The number of likely N-dealkylation sites (tertiary alicyclic amines) is 1. The number of fused-ring (bicyclic) bond motifs is 1. The predicted octanol–water partition coefficient (Wildman–Crippen LogP) is 2.17. The van der Waals surface area contributed by atoms with Crippen LogP contribution in [0.3, 0.4) is 0 Å². The Morgan fingerprint density at radius 2 is 1.78 bits per heavy atom. The molecular formula is C29H36N4O7S. The van der Waals surface area contributed by atoms with Crippen molar-refractivity contribution in [1.82, 2.24) is 15.1 Å². The van der Waals surface area contributed by atoms with Gasteiger partial charge in [-0.05, 0) is 62.6 Å². The fraction of sp³-hybridized carbons (Fsp3) is 0.448. The Bertz CT molecular complexity index is 1410. The number of hydroxylamine groups is 1. The Morgan fingerprint density at radius 3 is 2.44 bits per heavy atom. The molecule has 0 radical (unpaired) electrons. The lowest BCUT2D eigenvalue weighted by Crippen LogP contribution is -2.77. The number of hydrogen-bond donors (Lipinski definition) is 3. The second kappa shape index (κ2) is 11.8. The van der Waals surface area contributed by atoms with Crippen molar-refractivity contribution in [2.24, 2.45) is 5.92 Å². The van der Waals surface area contributed by atoms with E-state index >= 15 is 0 Å². The molecule has 1 atom stereocenters. The number of benzene rings is 2. The van der Waals surface area contributed by atoms with Crippen molar-refractivity contribution in [2.75, 3.05) is 44.4 Å². The molecule has 2 aromatic rings. The predicted molar refractivity (Wildman–Crippen MR) is 152 cm³/mol. The van der Waals surface area contributed by atoms with Crippen LogP contribution in [0.1, 0.15) is 32.3 Å². The number of amides is 2.